The summed E-state index contributed by atoms with van der Waals surface area (Å²) in [7, 11) is 1.97. The van der Waals surface area contributed by atoms with Gasteiger partial charge in [-0.15, -0.1) is 11.3 Å². The van der Waals surface area contributed by atoms with Crippen molar-refractivity contribution < 1.29 is 5.11 Å². The van der Waals surface area contributed by atoms with Crippen molar-refractivity contribution in [2.24, 2.45) is 7.05 Å². The first-order valence-electron chi connectivity index (χ1n) is 6.27. The summed E-state index contributed by atoms with van der Waals surface area (Å²) in [5, 5.41) is 16.5. The number of aryl methyl sites for hydroxylation is 2. The SMILES string of the molecule is Cc1nn(C)c(C)c1CCC(O)Cc1cccs1. The molecule has 0 bridgehead atoms. The van der Waals surface area contributed by atoms with Gasteiger partial charge in [-0.25, -0.2) is 0 Å². The van der Waals surface area contributed by atoms with E-state index in [2.05, 4.69) is 23.5 Å². The second kappa shape index (κ2) is 5.67. The molecular formula is C14H20N2OS. The fourth-order valence-corrected chi connectivity index (χ4v) is 3.03. The van der Waals surface area contributed by atoms with Crippen LogP contribution in [0.25, 0.3) is 0 Å². The number of rotatable bonds is 5. The number of aliphatic hydroxyl groups is 1. The molecule has 1 N–H and O–H groups in total. The van der Waals surface area contributed by atoms with Gasteiger partial charge in [-0.3, -0.25) is 4.68 Å². The molecule has 2 rings (SSSR count). The molecule has 0 radical (unpaired) electrons. The minimum Gasteiger partial charge on any atom is -0.393 e. The van der Waals surface area contributed by atoms with Crippen LogP contribution in [0.5, 0.6) is 0 Å². The number of hydrogen-bond acceptors (Lipinski definition) is 3. The molecule has 98 valence electrons. The van der Waals surface area contributed by atoms with Crippen LogP contribution in [0.4, 0.5) is 0 Å². The molecule has 3 nitrogen and oxygen atoms in total. The molecule has 18 heavy (non-hydrogen) atoms. The largest absolute Gasteiger partial charge is 0.393 e. The minimum absolute atomic E-state index is 0.261. The molecule has 1 unspecified atom stereocenters. The van der Waals surface area contributed by atoms with Crippen LogP contribution >= 0.6 is 11.3 Å². The van der Waals surface area contributed by atoms with Crippen LogP contribution in [0.15, 0.2) is 17.5 Å². The van der Waals surface area contributed by atoms with Gasteiger partial charge in [0, 0.05) is 24.0 Å². The molecule has 0 spiro atoms. The van der Waals surface area contributed by atoms with E-state index in [4.69, 9.17) is 0 Å². The number of aromatic nitrogens is 2. The highest BCUT2D eigenvalue weighted by Gasteiger charge is 2.12. The van der Waals surface area contributed by atoms with Crippen molar-refractivity contribution in [2.75, 3.05) is 0 Å². The average molecular weight is 264 g/mol. The summed E-state index contributed by atoms with van der Waals surface area (Å²) in [6.45, 7) is 4.12. The topological polar surface area (TPSA) is 38.0 Å². The smallest absolute Gasteiger partial charge is 0.0628 e. The normalized spacial score (nSPS) is 12.9. The van der Waals surface area contributed by atoms with Gasteiger partial charge in [0.05, 0.1) is 11.8 Å². The Morgan fingerprint density at radius 1 is 1.44 bits per heavy atom. The quantitative estimate of drug-likeness (QED) is 0.901. The third kappa shape index (κ3) is 3.00. The van der Waals surface area contributed by atoms with Crippen LogP contribution in [0, 0.1) is 13.8 Å². The van der Waals surface area contributed by atoms with Crippen molar-refractivity contribution in [1.82, 2.24) is 9.78 Å². The van der Waals surface area contributed by atoms with Crippen LogP contribution in [-0.4, -0.2) is 21.0 Å². The predicted octanol–water partition coefficient (Wildman–Crippen LogP) is 2.63. The van der Waals surface area contributed by atoms with Gasteiger partial charge >= 0.3 is 0 Å². The van der Waals surface area contributed by atoms with Crippen molar-refractivity contribution in [2.45, 2.75) is 39.2 Å². The molecule has 2 aromatic heterocycles. The number of nitrogens with zero attached hydrogens (tertiary/aromatic N) is 2. The molecule has 0 saturated heterocycles. The summed E-state index contributed by atoms with van der Waals surface area (Å²) < 4.78 is 1.91. The van der Waals surface area contributed by atoms with Crippen LogP contribution in [-0.2, 0) is 19.9 Å². The van der Waals surface area contributed by atoms with Gasteiger partial charge < -0.3 is 5.11 Å². The Balaban J connectivity index is 1.91. The zero-order valence-electron chi connectivity index (χ0n) is 11.2. The maximum Gasteiger partial charge on any atom is 0.0628 e. The van der Waals surface area contributed by atoms with E-state index < -0.39 is 0 Å². The summed E-state index contributed by atoms with van der Waals surface area (Å²) in [6, 6.07) is 4.11. The highest BCUT2D eigenvalue weighted by atomic mass is 32.1. The average Bonchev–Trinajstić information content (AvgIpc) is 2.88. The van der Waals surface area contributed by atoms with Crippen molar-refractivity contribution in [1.29, 1.82) is 0 Å². The second-order valence-corrected chi connectivity index (χ2v) is 5.78. The van der Waals surface area contributed by atoms with Gasteiger partial charge in [0.25, 0.3) is 0 Å². The summed E-state index contributed by atoms with van der Waals surface area (Å²) in [6.07, 6.45) is 2.20. The Kier molecular flexibility index (Phi) is 4.19. The molecule has 0 saturated carbocycles. The fraction of sp³-hybridized carbons (Fsp3) is 0.500. The maximum absolute atomic E-state index is 10.1. The minimum atomic E-state index is -0.261. The van der Waals surface area contributed by atoms with Gasteiger partial charge in [-0.2, -0.15) is 5.10 Å². The molecule has 0 amide bonds. The van der Waals surface area contributed by atoms with Gasteiger partial charge in [-0.05, 0) is 43.7 Å². The van der Waals surface area contributed by atoms with E-state index in [1.807, 2.05) is 24.7 Å². The highest BCUT2D eigenvalue weighted by molar-refractivity contribution is 7.09. The standard InChI is InChI=1S/C14H20N2OS/c1-10-14(11(2)16(3)15-10)7-6-12(17)9-13-5-4-8-18-13/h4-5,8,12,17H,6-7,9H2,1-3H3. The lowest BCUT2D eigenvalue weighted by Crippen LogP contribution is -2.11. The highest BCUT2D eigenvalue weighted by Crippen LogP contribution is 2.17. The first kappa shape index (κ1) is 13.3. The number of thiophene rings is 1. The molecule has 0 aliphatic carbocycles. The summed E-state index contributed by atoms with van der Waals surface area (Å²) in [5.74, 6) is 0. The van der Waals surface area contributed by atoms with Gasteiger partial charge in [0.1, 0.15) is 0 Å². The second-order valence-electron chi connectivity index (χ2n) is 4.75. The number of hydrogen-bond donors (Lipinski definition) is 1. The van der Waals surface area contributed by atoms with E-state index in [1.165, 1.54) is 16.1 Å². The summed E-state index contributed by atoms with van der Waals surface area (Å²) in [4.78, 5) is 1.25. The predicted molar refractivity (Wildman–Crippen MR) is 75.0 cm³/mol. The van der Waals surface area contributed by atoms with E-state index in [0.29, 0.717) is 0 Å². The molecule has 0 aliphatic heterocycles. The molecule has 0 aromatic carbocycles. The Labute approximate surface area is 112 Å². The van der Waals surface area contributed by atoms with Crippen molar-refractivity contribution in [3.63, 3.8) is 0 Å². The molecule has 0 fully saturated rings. The van der Waals surface area contributed by atoms with Crippen molar-refractivity contribution in [3.8, 4) is 0 Å². The maximum atomic E-state index is 10.1. The molecule has 1 atom stereocenters. The Morgan fingerprint density at radius 3 is 2.78 bits per heavy atom. The monoisotopic (exact) mass is 264 g/mol. The lowest BCUT2D eigenvalue weighted by Gasteiger charge is -2.09. The molecular weight excluding hydrogens is 244 g/mol. The Bertz CT molecular complexity index is 502. The van der Waals surface area contributed by atoms with E-state index >= 15 is 0 Å². The molecule has 2 aromatic rings. The first-order valence-corrected chi connectivity index (χ1v) is 7.15. The number of aliphatic hydroxyl groups excluding tert-OH is 1. The van der Waals surface area contributed by atoms with Gasteiger partial charge in [0.2, 0.25) is 0 Å². The van der Waals surface area contributed by atoms with E-state index in [0.717, 1.165) is 25.0 Å². The van der Waals surface area contributed by atoms with E-state index in [-0.39, 0.29) is 6.10 Å². The Morgan fingerprint density at radius 2 is 2.22 bits per heavy atom. The van der Waals surface area contributed by atoms with Crippen molar-refractivity contribution in [3.05, 3.63) is 39.3 Å². The Hall–Kier alpha value is -1.13. The van der Waals surface area contributed by atoms with E-state index in [9.17, 15) is 5.11 Å². The molecule has 4 heteroatoms. The summed E-state index contributed by atoms with van der Waals surface area (Å²) >= 11 is 1.71. The lowest BCUT2D eigenvalue weighted by molar-refractivity contribution is 0.166. The fourth-order valence-electron chi connectivity index (χ4n) is 2.25. The summed E-state index contributed by atoms with van der Waals surface area (Å²) in [5.41, 5.74) is 3.57. The van der Waals surface area contributed by atoms with Crippen LogP contribution < -0.4 is 0 Å². The lowest BCUT2D eigenvalue weighted by atomic mass is 10.0. The van der Waals surface area contributed by atoms with Gasteiger partial charge in [0.15, 0.2) is 0 Å². The van der Waals surface area contributed by atoms with Crippen LogP contribution in [0.3, 0.4) is 0 Å². The third-order valence-corrected chi connectivity index (χ3v) is 4.30. The zero-order chi connectivity index (χ0) is 13.1. The van der Waals surface area contributed by atoms with Gasteiger partial charge in [-0.1, -0.05) is 6.07 Å². The van der Waals surface area contributed by atoms with Crippen molar-refractivity contribution >= 4 is 11.3 Å². The van der Waals surface area contributed by atoms with E-state index in [1.54, 1.807) is 11.3 Å². The third-order valence-electron chi connectivity index (χ3n) is 3.40. The van der Waals surface area contributed by atoms with Crippen LogP contribution in [0.1, 0.15) is 28.2 Å². The zero-order valence-corrected chi connectivity index (χ0v) is 12.0. The molecule has 2 heterocycles. The molecule has 0 aliphatic rings. The van der Waals surface area contributed by atoms with Crippen LogP contribution in [0.2, 0.25) is 0 Å². The first-order chi connectivity index (χ1) is 8.58.